The van der Waals surface area contributed by atoms with Gasteiger partial charge in [0.1, 0.15) is 0 Å². The van der Waals surface area contributed by atoms with Gasteiger partial charge in [-0.2, -0.15) is 0 Å². The summed E-state index contributed by atoms with van der Waals surface area (Å²) in [7, 11) is 0. The molecule has 9 heterocycles. The van der Waals surface area contributed by atoms with Crippen molar-refractivity contribution in [2.75, 3.05) is 119 Å². The molecule has 0 aromatic carbocycles. The largest absolute Gasteiger partial charge is 0.350 e. The van der Waals surface area contributed by atoms with Crippen LogP contribution in [0, 0.1) is 142 Å². The fourth-order valence-electron chi connectivity index (χ4n) is 35.2. The Kier molecular flexibility index (Phi) is 49.1. The smallest absolute Gasteiger partial charge is 0.174 e. The maximum absolute atomic E-state index is 6.33. The Bertz CT molecular complexity index is 3250. The van der Waals surface area contributed by atoms with Gasteiger partial charge in [0.05, 0.1) is 119 Å². The predicted molar refractivity (Wildman–Crippen MR) is 576 cm³/mol. The molecule has 0 amide bonds. The Morgan fingerprint density at radius 1 is 0.126 bits per heavy atom. The zero-order chi connectivity index (χ0) is 101. The molecule has 34 aliphatic rings. The summed E-state index contributed by atoms with van der Waals surface area (Å²) in [6.07, 6.45) is 73.5. The van der Waals surface area contributed by atoms with E-state index in [1.807, 2.05) is 125 Å². The first-order valence-electron chi connectivity index (χ1n) is 64.0. The second kappa shape index (κ2) is 58.9. The Morgan fingerprint density at radius 2 is 0.280 bits per heavy atom. The van der Waals surface area contributed by atoms with E-state index in [1.165, 1.54) is 334 Å². The number of rotatable bonds is 0. The number of ether oxygens (including phenoxy) is 18. The van der Waals surface area contributed by atoms with Gasteiger partial charge in [0.25, 0.3) is 0 Å². The number of hydrogen-bond acceptors (Lipinski definition) is 18. The van der Waals surface area contributed by atoms with Gasteiger partial charge in [-0.15, -0.1) is 0 Å². The molecule has 0 radical (unpaired) electrons. The normalized spacial score (nSPS) is 40.0. The Hall–Kier alpha value is -0.720. The highest BCUT2D eigenvalue weighted by atomic mass is 16.8. The first kappa shape index (κ1) is 119. The molecule has 25 saturated carbocycles. The van der Waals surface area contributed by atoms with Gasteiger partial charge in [0.15, 0.2) is 52.1 Å². The molecule has 25 aliphatic carbocycles. The van der Waals surface area contributed by atoms with E-state index in [9.17, 15) is 0 Å². The monoisotopic (exact) mass is 2020 g/mol. The number of hydrogen-bond donors (Lipinski definition) is 0. The fourth-order valence-corrected chi connectivity index (χ4v) is 35.2. The van der Waals surface area contributed by atoms with Gasteiger partial charge < -0.3 is 85.3 Å². The first-order valence-corrected chi connectivity index (χ1v) is 64.0. The summed E-state index contributed by atoms with van der Waals surface area (Å²) in [4.78, 5) is 0. The van der Waals surface area contributed by atoms with Gasteiger partial charge in [0.2, 0.25) is 0 Å². The van der Waals surface area contributed by atoms with E-state index in [4.69, 9.17) is 85.3 Å². The van der Waals surface area contributed by atoms with Crippen LogP contribution in [0.1, 0.15) is 484 Å². The summed E-state index contributed by atoms with van der Waals surface area (Å²) < 4.78 is 108. The quantitative estimate of drug-likeness (QED) is 0.224. The molecule has 9 saturated heterocycles. The molecule has 18 heteroatoms. The van der Waals surface area contributed by atoms with Crippen molar-refractivity contribution in [1.29, 1.82) is 0 Å². The van der Waals surface area contributed by atoms with E-state index in [0.717, 1.165) is 281 Å². The molecule has 34 fully saturated rings. The second-order valence-corrected chi connectivity index (χ2v) is 47.7. The Balaban J connectivity index is 0.000000133. The lowest BCUT2D eigenvalue weighted by molar-refractivity contribution is -0.358. The lowest BCUT2D eigenvalue weighted by Crippen LogP contribution is -2.61. The van der Waals surface area contributed by atoms with Crippen LogP contribution in [0.25, 0.3) is 0 Å². The minimum absolute atomic E-state index is 0.0943. The molecule has 0 aromatic heterocycles. The second-order valence-electron chi connectivity index (χ2n) is 47.7. The molecule has 18 nitrogen and oxygen atoms in total. The minimum Gasteiger partial charge on any atom is -0.350 e. The molecule has 143 heavy (non-hydrogen) atoms. The zero-order valence-electron chi connectivity index (χ0n) is 96.0. The molecule has 9 aliphatic heterocycles. The molecular formula is C125H226O18. The maximum atomic E-state index is 6.33. The lowest BCUT2D eigenvalue weighted by Gasteiger charge is -2.60. The summed E-state index contributed by atoms with van der Waals surface area (Å²) in [6, 6.07) is 0. The van der Waals surface area contributed by atoms with Crippen molar-refractivity contribution in [1.82, 2.24) is 0 Å². The summed E-state index contributed by atoms with van der Waals surface area (Å²) in [6.45, 7) is 52.2. The van der Waals surface area contributed by atoms with Crippen LogP contribution < -0.4 is 0 Å². The van der Waals surface area contributed by atoms with Crippen molar-refractivity contribution in [2.24, 2.45) is 142 Å². The topological polar surface area (TPSA) is 166 Å². The Morgan fingerprint density at radius 3 is 0.483 bits per heavy atom. The molecule has 8 atom stereocenters. The third-order valence-electron chi connectivity index (χ3n) is 40.0. The molecule has 9 spiro atoms. The van der Waals surface area contributed by atoms with Gasteiger partial charge >= 0.3 is 0 Å². The van der Waals surface area contributed by atoms with Gasteiger partial charge in [0, 0.05) is 110 Å². The third kappa shape index (κ3) is 27.9. The minimum atomic E-state index is -0.168. The summed E-state index contributed by atoms with van der Waals surface area (Å²) in [5, 5.41) is 0. The predicted octanol–water partition coefficient (Wildman–Crippen LogP) is 31.7. The highest BCUT2D eigenvalue weighted by Crippen LogP contribution is 2.67. The molecule has 8 unspecified atom stereocenters. The van der Waals surface area contributed by atoms with Crippen molar-refractivity contribution in [3.63, 3.8) is 0 Å². The van der Waals surface area contributed by atoms with Gasteiger partial charge in [-0.1, -0.05) is 131 Å². The van der Waals surface area contributed by atoms with E-state index in [0.29, 0.717) is 5.92 Å². The van der Waals surface area contributed by atoms with E-state index < -0.39 is 0 Å². The van der Waals surface area contributed by atoms with E-state index >= 15 is 0 Å². The fraction of sp³-hybridized carbons (Fsp3) is 1.00. The average molecular weight is 2020 g/mol. The van der Waals surface area contributed by atoms with Crippen molar-refractivity contribution in [3.8, 4) is 0 Å². The van der Waals surface area contributed by atoms with Crippen LogP contribution in [0.5, 0.6) is 0 Å². The standard InChI is InChI=1S/C15H24O2.C14H22O2.C13H20O2.C12H18O2.C12H20O2.C11H18O2.C11H20O2.C10H16O2.C9H14O2.9C2H6/c1-2-4-16-15(17-5-3-1)13-7-11-6-12(9-13)10-14(15)8-11;1-2-4-16-14(15-3-1)12-6-10-5-11(8-12)9-13(14)7-10;1-2-14-13(15-3-1)11-5-9-4-10(7-11)8-12(13)6-9;1-2-14-12(13-1)10-4-8-3-9(6-10)7-11(12)5-8;1-2-6-13-12(14-7-3-1)9-10-4-5-11(12)8-10;1-2-6-13-11(12-5-1)8-9-3-4-10(11)7-9;1-3-7-11(8-4-1)12-9-5-2-6-10-13-11;1-4-11-10(12-5-1)7-8-2-3-9(10)6-8;1-2-8-5-7(1)6-9(8)10-3-4-11-9;9*1-2/h11-14H,1-10H2;10-13H,1-9H2;9-12H,1-8H2;8-11H,1-7H2;10-11H,1-9H2;9-10H,1-8H2;1-10H2;8-9H,1-7H2;7-8H,1-6H2;9*1-2H3. The van der Waals surface area contributed by atoms with Gasteiger partial charge in [-0.05, 0) is 386 Å². The van der Waals surface area contributed by atoms with E-state index in [-0.39, 0.29) is 52.1 Å². The van der Waals surface area contributed by atoms with Crippen molar-refractivity contribution in [3.05, 3.63) is 0 Å². The molecule has 0 aromatic rings. The lowest BCUT2D eigenvalue weighted by atomic mass is 9.53. The number of fused-ring (bicyclic) bond motifs is 12. The van der Waals surface area contributed by atoms with Crippen LogP contribution in [-0.4, -0.2) is 171 Å². The van der Waals surface area contributed by atoms with Crippen LogP contribution in [0.4, 0.5) is 0 Å². The molecule has 34 rings (SSSR count). The molecule has 0 N–H and O–H groups in total. The van der Waals surface area contributed by atoms with Gasteiger partial charge in [-0.25, -0.2) is 0 Å². The van der Waals surface area contributed by atoms with E-state index in [1.54, 1.807) is 0 Å². The summed E-state index contributed by atoms with van der Waals surface area (Å²) in [5.74, 6) is 19.2. The highest BCUT2D eigenvalue weighted by Gasteiger charge is 2.66. The SMILES string of the molecule is C1CCOC2(CC3CCC2C3)OC1.C1CCOC2(CC3CCC2C3)OCC1.C1CCOC2(CCCCC2)OCC1.C1CCOC2(OC1)C1CC3CC(C1)CC2C3.C1CCOC2(OCC1)C1CC3CC(C1)CC2C3.C1COC2(CC3CCC2C3)O1.C1COC2(CC3CCC2C3)OC1.C1COC2(O1)C1CC3CC(C1)CC2C3.C1COC2(OC1)C1CC3CC(C1)CC2C3.CC.CC.CC.CC.CC.CC.CC.CC.CC. The maximum Gasteiger partial charge on any atom is 0.174 e. The first-order chi connectivity index (χ1) is 70.4. The van der Waals surface area contributed by atoms with Crippen molar-refractivity contribution in [2.45, 2.75) is 536 Å². The summed E-state index contributed by atoms with van der Waals surface area (Å²) >= 11 is 0. The molecular weight excluding hydrogens is 1790 g/mol. The van der Waals surface area contributed by atoms with Crippen LogP contribution in [0.2, 0.25) is 0 Å². The summed E-state index contributed by atoms with van der Waals surface area (Å²) in [5.41, 5.74) is 0. The van der Waals surface area contributed by atoms with Gasteiger partial charge in [-0.3, -0.25) is 0 Å². The van der Waals surface area contributed by atoms with Crippen LogP contribution >= 0.6 is 0 Å². The van der Waals surface area contributed by atoms with Crippen LogP contribution in [-0.2, 0) is 85.3 Å². The van der Waals surface area contributed by atoms with Crippen molar-refractivity contribution >= 4 is 0 Å². The van der Waals surface area contributed by atoms with Crippen LogP contribution in [0.15, 0.2) is 0 Å². The van der Waals surface area contributed by atoms with Crippen LogP contribution in [0.3, 0.4) is 0 Å². The molecule has 834 valence electrons. The van der Waals surface area contributed by atoms with Crippen molar-refractivity contribution < 1.29 is 85.3 Å². The zero-order valence-corrected chi connectivity index (χ0v) is 96.0. The molecule has 24 bridgehead atoms. The van der Waals surface area contributed by atoms with E-state index in [2.05, 4.69) is 0 Å². The average Bonchev–Trinajstić information content (AvgIpc) is 1.67. The third-order valence-corrected chi connectivity index (χ3v) is 40.0. The highest BCUT2D eigenvalue weighted by molar-refractivity contribution is 5.10. The Labute approximate surface area is 877 Å².